The molecular weight excluding hydrogens is 194 g/mol. The zero-order chi connectivity index (χ0) is 11.6. The summed E-state index contributed by atoms with van der Waals surface area (Å²) in [5, 5.41) is 3.69. The lowest BCUT2D eigenvalue weighted by Crippen LogP contribution is -2.31. The fourth-order valence-corrected chi connectivity index (χ4v) is 2.57. The molecule has 0 saturated heterocycles. The Balaban J connectivity index is 2.02. The molecular formula is C15H23N. The van der Waals surface area contributed by atoms with E-state index in [0.29, 0.717) is 11.5 Å². The maximum atomic E-state index is 3.69. The second-order valence-corrected chi connectivity index (χ2v) is 6.15. The minimum absolute atomic E-state index is 0.425. The van der Waals surface area contributed by atoms with Crippen LogP contribution >= 0.6 is 0 Å². The lowest BCUT2D eigenvalue weighted by Gasteiger charge is -2.25. The van der Waals surface area contributed by atoms with Gasteiger partial charge in [0, 0.05) is 12.6 Å². The molecule has 16 heavy (non-hydrogen) atoms. The lowest BCUT2D eigenvalue weighted by atomic mass is 9.86. The van der Waals surface area contributed by atoms with E-state index >= 15 is 0 Å². The first-order valence-corrected chi connectivity index (χ1v) is 6.35. The molecule has 1 heterocycles. The normalized spacial score (nSPS) is 21.3. The number of fused-ring (bicyclic) bond motifs is 1. The highest BCUT2D eigenvalue weighted by atomic mass is 14.9. The van der Waals surface area contributed by atoms with E-state index in [0.717, 1.165) is 6.54 Å². The molecule has 1 nitrogen and oxygen atoms in total. The zero-order valence-corrected chi connectivity index (χ0v) is 10.7. The van der Waals surface area contributed by atoms with Crippen molar-refractivity contribution in [2.75, 3.05) is 0 Å². The van der Waals surface area contributed by atoms with Gasteiger partial charge in [-0.1, -0.05) is 45.0 Å². The maximum absolute atomic E-state index is 3.69. The van der Waals surface area contributed by atoms with Gasteiger partial charge >= 0.3 is 0 Å². The van der Waals surface area contributed by atoms with Crippen molar-refractivity contribution in [3.63, 3.8) is 0 Å². The third kappa shape index (κ3) is 3.08. The summed E-state index contributed by atoms with van der Waals surface area (Å²) in [6.45, 7) is 8.02. The summed E-state index contributed by atoms with van der Waals surface area (Å²) in [5.74, 6) is 0. The Bertz CT molecular complexity index is 322. The van der Waals surface area contributed by atoms with Gasteiger partial charge in [0.2, 0.25) is 0 Å². The molecule has 0 amide bonds. The van der Waals surface area contributed by atoms with E-state index in [9.17, 15) is 0 Å². The van der Waals surface area contributed by atoms with E-state index in [1.54, 1.807) is 0 Å². The van der Waals surface area contributed by atoms with Crippen LogP contribution in [-0.4, -0.2) is 6.04 Å². The molecule has 0 saturated carbocycles. The van der Waals surface area contributed by atoms with Gasteiger partial charge in [-0.3, -0.25) is 0 Å². The molecule has 88 valence electrons. The van der Waals surface area contributed by atoms with Crippen molar-refractivity contribution in [3.05, 3.63) is 35.4 Å². The quantitative estimate of drug-likeness (QED) is 0.759. The average molecular weight is 217 g/mol. The van der Waals surface area contributed by atoms with E-state index in [1.807, 2.05) is 0 Å². The summed E-state index contributed by atoms with van der Waals surface area (Å²) in [7, 11) is 0. The first kappa shape index (κ1) is 11.7. The van der Waals surface area contributed by atoms with Gasteiger partial charge in [-0.2, -0.15) is 0 Å². The molecule has 1 aromatic carbocycles. The summed E-state index contributed by atoms with van der Waals surface area (Å²) in [5.41, 5.74) is 3.44. The largest absolute Gasteiger partial charge is 0.310 e. The Kier molecular flexibility index (Phi) is 3.34. The van der Waals surface area contributed by atoms with Gasteiger partial charge in [0.05, 0.1) is 0 Å². The van der Waals surface area contributed by atoms with Gasteiger partial charge < -0.3 is 5.32 Å². The molecule has 1 atom stereocenters. The molecule has 0 bridgehead atoms. The molecule has 1 aromatic rings. The van der Waals surface area contributed by atoms with E-state index in [2.05, 4.69) is 50.4 Å². The van der Waals surface area contributed by atoms with Crippen LogP contribution in [0.3, 0.4) is 0 Å². The summed E-state index contributed by atoms with van der Waals surface area (Å²) >= 11 is 0. The van der Waals surface area contributed by atoms with Gasteiger partial charge in [-0.15, -0.1) is 0 Å². The molecule has 0 radical (unpaired) electrons. The number of nitrogens with one attached hydrogen (secondary N) is 1. The average Bonchev–Trinajstić information content (AvgIpc) is 2.39. The fourth-order valence-electron chi connectivity index (χ4n) is 2.57. The molecule has 1 heteroatoms. The Morgan fingerprint density at radius 2 is 1.88 bits per heavy atom. The second-order valence-electron chi connectivity index (χ2n) is 6.15. The highest BCUT2D eigenvalue weighted by molar-refractivity contribution is 5.28. The molecule has 0 aromatic heterocycles. The monoisotopic (exact) mass is 217 g/mol. The molecule has 1 unspecified atom stereocenters. The highest BCUT2D eigenvalue weighted by Crippen LogP contribution is 2.25. The number of benzene rings is 1. The zero-order valence-electron chi connectivity index (χ0n) is 10.7. The fraction of sp³-hybridized carbons (Fsp3) is 0.600. The molecule has 0 fully saturated rings. The summed E-state index contributed by atoms with van der Waals surface area (Å²) in [6, 6.07) is 9.50. The standard InChI is InChI=1S/C15H23N/c1-15(2,3)10-14-9-8-12-6-4-5-7-13(12)11-16-14/h4-7,14,16H,8-11H2,1-3H3. The number of rotatable bonds is 1. The van der Waals surface area contributed by atoms with E-state index in [-0.39, 0.29) is 0 Å². The maximum Gasteiger partial charge on any atom is 0.0210 e. The van der Waals surface area contributed by atoms with Crippen LogP contribution in [0.1, 0.15) is 44.7 Å². The smallest absolute Gasteiger partial charge is 0.0210 e. The van der Waals surface area contributed by atoms with Crippen LogP contribution < -0.4 is 5.32 Å². The lowest BCUT2D eigenvalue weighted by molar-refractivity contribution is 0.301. The Morgan fingerprint density at radius 1 is 1.19 bits per heavy atom. The summed E-state index contributed by atoms with van der Waals surface area (Å²) < 4.78 is 0. The Hall–Kier alpha value is -0.820. The topological polar surface area (TPSA) is 12.0 Å². The van der Waals surface area contributed by atoms with Crippen LogP contribution in [0.5, 0.6) is 0 Å². The first-order chi connectivity index (χ1) is 7.54. The van der Waals surface area contributed by atoms with Crippen molar-refractivity contribution in [2.45, 2.75) is 52.6 Å². The van der Waals surface area contributed by atoms with Gasteiger partial charge in [0.1, 0.15) is 0 Å². The highest BCUT2D eigenvalue weighted by Gasteiger charge is 2.20. The molecule has 1 N–H and O–H groups in total. The van der Waals surface area contributed by atoms with Crippen LogP contribution in [0.2, 0.25) is 0 Å². The third-order valence-electron chi connectivity index (χ3n) is 3.32. The molecule has 0 aliphatic carbocycles. The van der Waals surface area contributed by atoms with Crippen molar-refractivity contribution in [2.24, 2.45) is 5.41 Å². The van der Waals surface area contributed by atoms with Gasteiger partial charge in [-0.25, -0.2) is 0 Å². The van der Waals surface area contributed by atoms with Crippen molar-refractivity contribution < 1.29 is 0 Å². The molecule has 1 aliphatic heterocycles. The molecule has 0 spiro atoms. The minimum atomic E-state index is 0.425. The number of hydrogen-bond acceptors (Lipinski definition) is 1. The second kappa shape index (κ2) is 4.58. The van der Waals surface area contributed by atoms with Crippen LogP contribution in [0, 0.1) is 5.41 Å². The van der Waals surface area contributed by atoms with Crippen molar-refractivity contribution in [3.8, 4) is 0 Å². The Labute approximate surface area is 99.3 Å². The SMILES string of the molecule is CC(C)(C)CC1CCc2ccccc2CN1. The van der Waals surface area contributed by atoms with E-state index in [1.165, 1.54) is 30.4 Å². The van der Waals surface area contributed by atoms with Crippen LogP contribution in [0.25, 0.3) is 0 Å². The van der Waals surface area contributed by atoms with Gasteiger partial charge in [0.15, 0.2) is 0 Å². The first-order valence-electron chi connectivity index (χ1n) is 6.35. The van der Waals surface area contributed by atoms with Crippen molar-refractivity contribution in [1.82, 2.24) is 5.32 Å². The predicted octanol–water partition coefficient (Wildman–Crippen LogP) is 3.53. The molecule has 2 rings (SSSR count). The minimum Gasteiger partial charge on any atom is -0.310 e. The van der Waals surface area contributed by atoms with Gasteiger partial charge in [-0.05, 0) is 35.8 Å². The van der Waals surface area contributed by atoms with Crippen LogP contribution in [0.15, 0.2) is 24.3 Å². The van der Waals surface area contributed by atoms with Crippen molar-refractivity contribution >= 4 is 0 Å². The summed E-state index contributed by atoms with van der Waals surface area (Å²) in [6.07, 6.45) is 3.76. The number of hydrogen-bond donors (Lipinski definition) is 1. The van der Waals surface area contributed by atoms with Crippen LogP contribution in [-0.2, 0) is 13.0 Å². The van der Waals surface area contributed by atoms with Gasteiger partial charge in [0.25, 0.3) is 0 Å². The van der Waals surface area contributed by atoms with Crippen LogP contribution in [0.4, 0.5) is 0 Å². The van der Waals surface area contributed by atoms with Crippen molar-refractivity contribution in [1.29, 1.82) is 0 Å². The van der Waals surface area contributed by atoms with E-state index < -0.39 is 0 Å². The third-order valence-corrected chi connectivity index (χ3v) is 3.32. The van der Waals surface area contributed by atoms with E-state index in [4.69, 9.17) is 0 Å². The Morgan fingerprint density at radius 3 is 2.56 bits per heavy atom. The number of aryl methyl sites for hydroxylation is 1. The molecule has 1 aliphatic rings. The predicted molar refractivity (Wildman–Crippen MR) is 69.5 cm³/mol. The summed E-state index contributed by atoms with van der Waals surface area (Å²) in [4.78, 5) is 0.